The quantitative estimate of drug-likeness (QED) is 0.633. The van der Waals surface area contributed by atoms with Gasteiger partial charge in [-0.05, 0) is 25.3 Å². The molecule has 0 radical (unpaired) electrons. The zero-order valence-corrected chi connectivity index (χ0v) is 8.41. The minimum atomic E-state index is -0.159. The Morgan fingerprint density at radius 3 is 3.07 bits per heavy atom. The van der Waals surface area contributed by atoms with Crippen LogP contribution in [0.1, 0.15) is 19.3 Å². The highest BCUT2D eigenvalue weighted by atomic mass is 16.3. The molecule has 2 atom stereocenters. The third-order valence-electron chi connectivity index (χ3n) is 3.06. The molecule has 1 amide bonds. The van der Waals surface area contributed by atoms with Crippen molar-refractivity contribution >= 4 is 5.91 Å². The van der Waals surface area contributed by atoms with E-state index >= 15 is 0 Å². The molecule has 0 saturated carbocycles. The Hall–Kier alpha value is -0.610. The predicted octanol–water partition coefficient (Wildman–Crippen LogP) is -0.421. The van der Waals surface area contributed by atoms with Crippen LogP contribution >= 0.6 is 0 Å². The number of aliphatic hydroxyl groups is 1. The largest absolute Gasteiger partial charge is 0.392 e. The first kappa shape index (κ1) is 9.93. The predicted molar refractivity (Wildman–Crippen MR) is 52.8 cm³/mol. The van der Waals surface area contributed by atoms with Crippen LogP contribution in [-0.4, -0.2) is 48.2 Å². The fraction of sp³-hybridized carbons (Fsp3) is 0.900. The van der Waals surface area contributed by atoms with Gasteiger partial charge in [0.15, 0.2) is 0 Å². The van der Waals surface area contributed by atoms with E-state index in [0.717, 1.165) is 39.0 Å². The molecule has 2 heterocycles. The monoisotopic (exact) mass is 198 g/mol. The second-order valence-corrected chi connectivity index (χ2v) is 4.43. The number of aliphatic hydroxyl groups excluding tert-OH is 1. The number of likely N-dealkylation sites (tertiary alicyclic amines) is 1. The fourth-order valence-electron chi connectivity index (χ4n) is 2.36. The van der Waals surface area contributed by atoms with E-state index in [4.69, 9.17) is 0 Å². The fourth-order valence-corrected chi connectivity index (χ4v) is 2.36. The van der Waals surface area contributed by atoms with Gasteiger partial charge in [0.05, 0.1) is 6.10 Å². The summed E-state index contributed by atoms with van der Waals surface area (Å²) in [5.41, 5.74) is 0. The van der Waals surface area contributed by atoms with E-state index in [1.54, 1.807) is 0 Å². The zero-order chi connectivity index (χ0) is 9.97. The maximum Gasteiger partial charge on any atom is 0.220 e. The summed E-state index contributed by atoms with van der Waals surface area (Å²) in [5.74, 6) is 0.625. The van der Waals surface area contributed by atoms with Gasteiger partial charge < -0.3 is 15.3 Å². The van der Waals surface area contributed by atoms with E-state index in [2.05, 4.69) is 10.2 Å². The number of hydrogen-bond donors (Lipinski definition) is 2. The molecule has 80 valence electrons. The average molecular weight is 198 g/mol. The van der Waals surface area contributed by atoms with E-state index in [1.165, 1.54) is 0 Å². The second-order valence-electron chi connectivity index (χ2n) is 4.43. The van der Waals surface area contributed by atoms with Crippen LogP contribution in [0.2, 0.25) is 0 Å². The Balaban J connectivity index is 1.76. The van der Waals surface area contributed by atoms with Crippen LogP contribution in [0.4, 0.5) is 0 Å². The third kappa shape index (κ3) is 2.45. The van der Waals surface area contributed by atoms with Gasteiger partial charge in [-0.25, -0.2) is 0 Å². The Labute approximate surface area is 84.3 Å². The number of rotatable bonds is 2. The van der Waals surface area contributed by atoms with Crippen molar-refractivity contribution in [3.8, 4) is 0 Å². The summed E-state index contributed by atoms with van der Waals surface area (Å²) in [6, 6.07) is 0. The maximum absolute atomic E-state index is 11.0. The van der Waals surface area contributed by atoms with E-state index in [-0.39, 0.29) is 12.0 Å². The molecule has 2 aliphatic rings. The maximum atomic E-state index is 11.0. The van der Waals surface area contributed by atoms with Crippen molar-refractivity contribution in [2.24, 2.45) is 5.92 Å². The lowest BCUT2D eigenvalue weighted by Crippen LogP contribution is -2.41. The summed E-state index contributed by atoms with van der Waals surface area (Å²) in [7, 11) is 0. The van der Waals surface area contributed by atoms with Crippen LogP contribution in [0, 0.1) is 5.92 Å². The van der Waals surface area contributed by atoms with Crippen molar-refractivity contribution < 1.29 is 9.90 Å². The minimum absolute atomic E-state index is 0.159. The molecule has 2 rings (SSSR count). The minimum Gasteiger partial charge on any atom is -0.392 e. The van der Waals surface area contributed by atoms with Crippen molar-refractivity contribution in [1.82, 2.24) is 10.2 Å². The van der Waals surface area contributed by atoms with Crippen LogP contribution < -0.4 is 5.32 Å². The molecule has 0 aromatic carbocycles. The molecule has 2 unspecified atom stereocenters. The third-order valence-corrected chi connectivity index (χ3v) is 3.06. The van der Waals surface area contributed by atoms with Crippen LogP contribution in [0.15, 0.2) is 0 Å². The lowest BCUT2D eigenvalue weighted by molar-refractivity contribution is -0.119. The van der Waals surface area contributed by atoms with E-state index in [1.807, 2.05) is 0 Å². The normalized spacial score (nSPS) is 34.5. The first-order valence-corrected chi connectivity index (χ1v) is 5.41. The molecule has 2 N–H and O–H groups in total. The molecule has 0 aliphatic carbocycles. The molecule has 2 fully saturated rings. The number of β-amino-alcohol motifs (C(OH)–C–C–N with tert-alkyl or cyclic N) is 1. The second kappa shape index (κ2) is 4.28. The summed E-state index contributed by atoms with van der Waals surface area (Å²) in [5, 5.41) is 12.3. The average Bonchev–Trinajstić information content (AvgIpc) is 2.51. The Morgan fingerprint density at radius 2 is 2.43 bits per heavy atom. The number of amides is 1. The first-order chi connectivity index (χ1) is 6.74. The lowest BCUT2D eigenvalue weighted by Gasteiger charge is -2.31. The standard InChI is InChI=1S/C10H18N2O2/c13-9-2-1-3-12(7-9)6-8-4-10(14)11-5-8/h8-9,13H,1-7H2,(H,11,14). The Kier molecular flexibility index (Phi) is 3.03. The Bertz CT molecular complexity index is 220. The molecule has 0 aromatic rings. The number of hydrogen-bond acceptors (Lipinski definition) is 3. The molecular formula is C10H18N2O2. The van der Waals surface area contributed by atoms with Crippen LogP contribution in [-0.2, 0) is 4.79 Å². The molecule has 0 bridgehead atoms. The number of carbonyl (C=O) groups is 1. The molecule has 4 heteroatoms. The number of nitrogens with one attached hydrogen (secondary N) is 1. The molecule has 0 aromatic heterocycles. The summed E-state index contributed by atoms with van der Waals surface area (Å²) in [6.45, 7) is 3.62. The van der Waals surface area contributed by atoms with Crippen LogP contribution in [0.3, 0.4) is 0 Å². The van der Waals surface area contributed by atoms with Crippen molar-refractivity contribution in [3.63, 3.8) is 0 Å². The van der Waals surface area contributed by atoms with Gasteiger partial charge in [0.2, 0.25) is 5.91 Å². The summed E-state index contributed by atoms with van der Waals surface area (Å²) < 4.78 is 0. The van der Waals surface area contributed by atoms with Crippen molar-refractivity contribution in [3.05, 3.63) is 0 Å². The van der Waals surface area contributed by atoms with Crippen molar-refractivity contribution in [1.29, 1.82) is 0 Å². The summed E-state index contributed by atoms with van der Waals surface area (Å²) >= 11 is 0. The van der Waals surface area contributed by atoms with Gasteiger partial charge in [-0.15, -0.1) is 0 Å². The van der Waals surface area contributed by atoms with Gasteiger partial charge in [-0.1, -0.05) is 0 Å². The SMILES string of the molecule is O=C1CC(CN2CCCC(O)C2)CN1. The van der Waals surface area contributed by atoms with Crippen LogP contribution in [0.5, 0.6) is 0 Å². The van der Waals surface area contributed by atoms with Gasteiger partial charge in [0.1, 0.15) is 0 Å². The highest BCUT2D eigenvalue weighted by Crippen LogP contribution is 2.15. The van der Waals surface area contributed by atoms with Crippen molar-refractivity contribution in [2.75, 3.05) is 26.2 Å². The van der Waals surface area contributed by atoms with Crippen LogP contribution in [0.25, 0.3) is 0 Å². The summed E-state index contributed by atoms with van der Waals surface area (Å²) in [6.07, 6.45) is 2.51. The zero-order valence-electron chi connectivity index (χ0n) is 8.41. The van der Waals surface area contributed by atoms with Gasteiger partial charge in [-0.2, -0.15) is 0 Å². The summed E-state index contributed by atoms with van der Waals surface area (Å²) in [4.78, 5) is 13.3. The molecule has 14 heavy (non-hydrogen) atoms. The van der Waals surface area contributed by atoms with Crippen molar-refractivity contribution in [2.45, 2.75) is 25.4 Å². The lowest BCUT2D eigenvalue weighted by atomic mass is 10.0. The van der Waals surface area contributed by atoms with Gasteiger partial charge in [0, 0.05) is 26.1 Å². The number of carbonyl (C=O) groups excluding carboxylic acids is 1. The smallest absolute Gasteiger partial charge is 0.220 e. The van der Waals surface area contributed by atoms with Gasteiger partial charge in [-0.3, -0.25) is 4.79 Å². The molecule has 2 saturated heterocycles. The van der Waals surface area contributed by atoms with E-state index in [9.17, 15) is 9.90 Å². The topological polar surface area (TPSA) is 52.6 Å². The number of piperidine rings is 1. The molecule has 4 nitrogen and oxygen atoms in total. The van der Waals surface area contributed by atoms with E-state index < -0.39 is 0 Å². The van der Waals surface area contributed by atoms with Gasteiger partial charge >= 0.3 is 0 Å². The molecular weight excluding hydrogens is 180 g/mol. The Morgan fingerprint density at radius 1 is 1.57 bits per heavy atom. The number of nitrogens with zero attached hydrogens (tertiary/aromatic N) is 1. The van der Waals surface area contributed by atoms with Gasteiger partial charge in [0.25, 0.3) is 0 Å². The molecule has 2 aliphatic heterocycles. The highest BCUT2D eigenvalue weighted by Gasteiger charge is 2.25. The highest BCUT2D eigenvalue weighted by molar-refractivity contribution is 5.78. The van der Waals surface area contributed by atoms with E-state index in [0.29, 0.717) is 12.3 Å². The first-order valence-electron chi connectivity index (χ1n) is 5.41. The molecule has 0 spiro atoms.